The lowest BCUT2D eigenvalue weighted by atomic mass is 10.2. The Bertz CT molecular complexity index is 1010. The van der Waals surface area contributed by atoms with E-state index >= 15 is 0 Å². The van der Waals surface area contributed by atoms with Gasteiger partial charge < -0.3 is 4.74 Å². The van der Waals surface area contributed by atoms with Gasteiger partial charge in [0.1, 0.15) is 0 Å². The highest BCUT2D eigenvalue weighted by Gasteiger charge is 2.41. The number of carbonyl (C=O) groups excluding carboxylic acids is 1. The molecule has 0 spiro atoms. The number of amides is 1. The SMILES string of the molecule is O=C(Nc1ccccc1C(F)(F)F)Oc1cnn(-c2ccccc2)c1C(F)(F)F. The number of benzene rings is 2. The predicted octanol–water partition coefficient (Wildman–Crippen LogP) is 5.52. The minimum Gasteiger partial charge on any atom is -0.406 e. The predicted molar refractivity (Wildman–Crippen MR) is 89.7 cm³/mol. The van der Waals surface area contributed by atoms with E-state index in [0.29, 0.717) is 16.9 Å². The Hall–Kier alpha value is -3.50. The van der Waals surface area contributed by atoms with Gasteiger partial charge in [0.25, 0.3) is 0 Å². The molecule has 0 atom stereocenters. The third-order valence-corrected chi connectivity index (χ3v) is 3.68. The Morgan fingerprint density at radius 3 is 2.14 bits per heavy atom. The lowest BCUT2D eigenvalue weighted by molar-refractivity contribution is -0.143. The first kappa shape index (κ1) is 20.2. The number of halogens is 6. The summed E-state index contributed by atoms with van der Waals surface area (Å²) < 4.78 is 84.6. The molecular weight excluding hydrogens is 404 g/mol. The Morgan fingerprint density at radius 2 is 1.52 bits per heavy atom. The van der Waals surface area contributed by atoms with Crippen molar-refractivity contribution in [2.24, 2.45) is 0 Å². The Balaban J connectivity index is 1.90. The summed E-state index contributed by atoms with van der Waals surface area (Å²) in [6, 6.07) is 11.2. The summed E-state index contributed by atoms with van der Waals surface area (Å²) in [6.07, 6.45) is -10.6. The number of alkyl halides is 6. The van der Waals surface area contributed by atoms with Crippen LogP contribution in [0.5, 0.6) is 5.75 Å². The second kappa shape index (κ2) is 7.49. The summed E-state index contributed by atoms with van der Waals surface area (Å²) in [5.74, 6) is -0.955. The van der Waals surface area contributed by atoms with Crippen molar-refractivity contribution in [3.8, 4) is 11.4 Å². The Morgan fingerprint density at radius 1 is 0.897 bits per heavy atom. The van der Waals surface area contributed by atoms with Gasteiger partial charge in [0.05, 0.1) is 23.1 Å². The van der Waals surface area contributed by atoms with Crippen molar-refractivity contribution < 1.29 is 35.9 Å². The summed E-state index contributed by atoms with van der Waals surface area (Å²) in [4.78, 5) is 12.0. The molecule has 1 heterocycles. The van der Waals surface area contributed by atoms with Crippen LogP contribution >= 0.6 is 0 Å². The zero-order valence-electron chi connectivity index (χ0n) is 14.3. The maximum atomic E-state index is 13.5. The lowest BCUT2D eigenvalue weighted by Crippen LogP contribution is -2.22. The largest absolute Gasteiger partial charge is 0.437 e. The van der Waals surface area contributed by atoms with Crippen LogP contribution in [-0.2, 0) is 12.4 Å². The monoisotopic (exact) mass is 415 g/mol. The molecule has 0 aliphatic heterocycles. The quantitative estimate of drug-likeness (QED) is 0.573. The molecule has 0 saturated heterocycles. The molecule has 3 rings (SSSR count). The summed E-state index contributed by atoms with van der Waals surface area (Å²) in [7, 11) is 0. The van der Waals surface area contributed by atoms with Crippen molar-refractivity contribution in [3.63, 3.8) is 0 Å². The van der Waals surface area contributed by atoms with Gasteiger partial charge in [-0.1, -0.05) is 30.3 Å². The number of aromatic nitrogens is 2. The van der Waals surface area contributed by atoms with Gasteiger partial charge in [0, 0.05) is 0 Å². The molecule has 0 saturated carbocycles. The van der Waals surface area contributed by atoms with Gasteiger partial charge in [-0.25, -0.2) is 9.48 Å². The molecule has 1 N–H and O–H groups in total. The van der Waals surface area contributed by atoms with E-state index in [-0.39, 0.29) is 5.69 Å². The minimum absolute atomic E-state index is 0.0532. The molecule has 1 aromatic heterocycles. The first-order valence-electron chi connectivity index (χ1n) is 7.93. The van der Waals surface area contributed by atoms with Crippen molar-refractivity contribution in [1.29, 1.82) is 0 Å². The lowest BCUT2D eigenvalue weighted by Gasteiger charge is -2.14. The van der Waals surface area contributed by atoms with Gasteiger partial charge >= 0.3 is 18.4 Å². The normalized spacial score (nSPS) is 11.9. The number of anilines is 1. The van der Waals surface area contributed by atoms with Gasteiger partial charge in [-0.2, -0.15) is 31.4 Å². The highest BCUT2D eigenvalue weighted by molar-refractivity contribution is 5.87. The summed E-state index contributed by atoms with van der Waals surface area (Å²) >= 11 is 0. The van der Waals surface area contributed by atoms with E-state index in [1.54, 1.807) is 6.07 Å². The molecule has 0 unspecified atom stereocenters. The van der Waals surface area contributed by atoms with Crippen molar-refractivity contribution in [1.82, 2.24) is 9.78 Å². The molecular formula is C18H11F6N3O2. The second-order valence-corrected chi connectivity index (χ2v) is 5.66. The third-order valence-electron chi connectivity index (χ3n) is 3.68. The van der Waals surface area contributed by atoms with E-state index in [9.17, 15) is 31.1 Å². The van der Waals surface area contributed by atoms with E-state index in [1.165, 1.54) is 30.3 Å². The highest BCUT2D eigenvalue weighted by atomic mass is 19.4. The summed E-state index contributed by atoms with van der Waals surface area (Å²) in [6.45, 7) is 0. The van der Waals surface area contributed by atoms with Crippen LogP contribution < -0.4 is 10.1 Å². The van der Waals surface area contributed by atoms with Crippen molar-refractivity contribution in [3.05, 3.63) is 72.1 Å². The van der Waals surface area contributed by atoms with Gasteiger partial charge in [-0.3, -0.25) is 5.32 Å². The van der Waals surface area contributed by atoms with Gasteiger partial charge in [-0.15, -0.1) is 0 Å². The zero-order chi connectivity index (χ0) is 21.2. The number of carbonyl (C=O) groups is 1. The smallest absolute Gasteiger partial charge is 0.406 e. The molecule has 2 aromatic carbocycles. The van der Waals surface area contributed by atoms with E-state index in [1.807, 2.05) is 5.32 Å². The maximum absolute atomic E-state index is 13.5. The van der Waals surface area contributed by atoms with Gasteiger partial charge in [0.15, 0.2) is 11.4 Å². The average Bonchev–Trinajstić information content (AvgIpc) is 3.06. The minimum atomic E-state index is -4.95. The van der Waals surface area contributed by atoms with E-state index in [0.717, 1.165) is 12.1 Å². The number of para-hydroxylation sites is 2. The van der Waals surface area contributed by atoms with Crippen molar-refractivity contribution >= 4 is 11.8 Å². The number of hydrogen-bond acceptors (Lipinski definition) is 3. The molecule has 152 valence electrons. The first-order chi connectivity index (χ1) is 13.6. The fourth-order valence-corrected chi connectivity index (χ4v) is 2.51. The van der Waals surface area contributed by atoms with Crippen LogP contribution in [0.3, 0.4) is 0 Å². The molecule has 3 aromatic rings. The summed E-state index contributed by atoms with van der Waals surface area (Å²) in [5, 5.41) is 5.39. The number of hydrogen-bond donors (Lipinski definition) is 1. The van der Waals surface area contributed by atoms with Crippen molar-refractivity contribution in [2.75, 3.05) is 5.32 Å². The van der Waals surface area contributed by atoms with E-state index in [4.69, 9.17) is 0 Å². The number of nitrogens with zero attached hydrogens (tertiary/aromatic N) is 2. The van der Waals surface area contributed by atoms with Gasteiger partial charge in [-0.05, 0) is 24.3 Å². The molecule has 0 radical (unpaired) electrons. The Kier molecular flexibility index (Phi) is 5.23. The van der Waals surface area contributed by atoms with Crippen LogP contribution in [0.1, 0.15) is 11.3 Å². The van der Waals surface area contributed by atoms with Crippen LogP contribution in [0.2, 0.25) is 0 Å². The zero-order valence-corrected chi connectivity index (χ0v) is 14.3. The molecule has 0 fully saturated rings. The van der Waals surface area contributed by atoms with Gasteiger partial charge in [0.2, 0.25) is 0 Å². The molecule has 0 aliphatic carbocycles. The van der Waals surface area contributed by atoms with Crippen LogP contribution in [-0.4, -0.2) is 15.9 Å². The molecule has 0 aliphatic rings. The van der Waals surface area contributed by atoms with Crippen molar-refractivity contribution in [2.45, 2.75) is 12.4 Å². The fraction of sp³-hybridized carbons (Fsp3) is 0.111. The average molecular weight is 415 g/mol. The van der Waals surface area contributed by atoms with Crippen LogP contribution in [0.15, 0.2) is 60.8 Å². The number of rotatable bonds is 3. The van der Waals surface area contributed by atoms with Crippen LogP contribution in [0, 0.1) is 0 Å². The van der Waals surface area contributed by atoms with Crippen LogP contribution in [0.25, 0.3) is 5.69 Å². The second-order valence-electron chi connectivity index (χ2n) is 5.66. The van der Waals surface area contributed by atoms with Crippen LogP contribution in [0.4, 0.5) is 36.8 Å². The van der Waals surface area contributed by atoms with E-state index < -0.39 is 41.1 Å². The third kappa shape index (κ3) is 4.50. The fourth-order valence-electron chi connectivity index (χ4n) is 2.51. The Labute approximate surface area is 159 Å². The first-order valence-corrected chi connectivity index (χ1v) is 7.93. The standard InChI is InChI=1S/C18H11F6N3O2/c19-17(20,21)12-8-4-5-9-13(12)26-16(28)29-14-10-25-27(15(14)18(22,23)24)11-6-2-1-3-7-11/h1-10H,(H,26,28). The molecule has 1 amide bonds. The molecule has 0 bridgehead atoms. The molecule has 5 nitrogen and oxygen atoms in total. The topological polar surface area (TPSA) is 56.1 Å². The molecule has 29 heavy (non-hydrogen) atoms. The number of nitrogens with one attached hydrogen (secondary N) is 1. The number of ether oxygens (including phenoxy) is 1. The van der Waals surface area contributed by atoms with E-state index in [2.05, 4.69) is 9.84 Å². The highest BCUT2D eigenvalue weighted by Crippen LogP contribution is 2.38. The summed E-state index contributed by atoms with van der Waals surface area (Å²) in [5.41, 5.74) is -3.16. The maximum Gasteiger partial charge on any atom is 0.437 e. The molecule has 11 heteroatoms.